The summed E-state index contributed by atoms with van der Waals surface area (Å²) in [4.78, 5) is 12.4. The maximum atomic E-state index is 4.71. The molecule has 1 unspecified atom stereocenters. The molecule has 1 atom stereocenters. The van der Waals surface area contributed by atoms with Gasteiger partial charge in [0.05, 0.1) is 6.54 Å². The van der Waals surface area contributed by atoms with E-state index in [4.69, 9.17) is 4.99 Å². The number of nitrogens with one attached hydrogen (secondary N) is 2. The monoisotopic (exact) mass is 479 g/mol. The fraction of sp³-hybridized carbons (Fsp3) is 0.722. The highest BCUT2D eigenvalue weighted by molar-refractivity contribution is 14.0. The van der Waals surface area contributed by atoms with Crippen molar-refractivity contribution in [1.82, 2.24) is 20.4 Å². The van der Waals surface area contributed by atoms with Crippen molar-refractivity contribution < 1.29 is 0 Å². The first-order chi connectivity index (χ1) is 11.6. The van der Waals surface area contributed by atoms with Crippen molar-refractivity contribution in [2.75, 3.05) is 52.9 Å². The van der Waals surface area contributed by atoms with Gasteiger partial charge in [-0.3, -0.25) is 0 Å². The zero-order valence-corrected chi connectivity index (χ0v) is 19.2. The Balaban J connectivity index is 0.00000312. The number of halogens is 1. The van der Waals surface area contributed by atoms with E-state index in [2.05, 4.69) is 60.4 Å². The van der Waals surface area contributed by atoms with Crippen LogP contribution in [0.4, 0.5) is 0 Å². The molecule has 0 saturated carbocycles. The van der Waals surface area contributed by atoms with Crippen molar-refractivity contribution in [2.24, 2.45) is 10.9 Å². The van der Waals surface area contributed by atoms with Gasteiger partial charge in [0.2, 0.25) is 0 Å². The minimum Gasteiger partial charge on any atom is -0.357 e. The van der Waals surface area contributed by atoms with E-state index in [9.17, 15) is 0 Å². The summed E-state index contributed by atoms with van der Waals surface area (Å²) >= 11 is 1.82. The molecule has 144 valence electrons. The molecule has 2 N–H and O–H groups in total. The molecule has 0 radical (unpaired) electrons. The van der Waals surface area contributed by atoms with Crippen molar-refractivity contribution >= 4 is 41.3 Å². The van der Waals surface area contributed by atoms with E-state index < -0.39 is 0 Å². The highest BCUT2D eigenvalue weighted by Gasteiger charge is 2.16. The van der Waals surface area contributed by atoms with E-state index >= 15 is 0 Å². The normalized spacial score (nSPS) is 17.8. The lowest BCUT2D eigenvalue weighted by Gasteiger charge is -2.34. The Morgan fingerprint density at radius 3 is 2.56 bits per heavy atom. The number of aliphatic imine (C=N–C) groups is 1. The zero-order valence-electron chi connectivity index (χ0n) is 16.0. The third-order valence-electron chi connectivity index (χ3n) is 4.32. The van der Waals surface area contributed by atoms with Crippen LogP contribution in [0.2, 0.25) is 0 Å². The van der Waals surface area contributed by atoms with E-state index in [1.807, 2.05) is 11.3 Å². The molecule has 1 fully saturated rings. The van der Waals surface area contributed by atoms with Crippen LogP contribution in [0.25, 0.3) is 0 Å². The van der Waals surface area contributed by atoms with Gasteiger partial charge in [0.1, 0.15) is 0 Å². The summed E-state index contributed by atoms with van der Waals surface area (Å²) in [5.74, 6) is 1.54. The van der Waals surface area contributed by atoms with Crippen LogP contribution in [0.15, 0.2) is 17.1 Å². The van der Waals surface area contributed by atoms with Gasteiger partial charge >= 0.3 is 0 Å². The number of likely N-dealkylation sites (N-methyl/N-ethyl adjacent to an activating group) is 1. The Kier molecular flexibility index (Phi) is 11.0. The third-order valence-corrected chi connectivity index (χ3v) is 5.30. The van der Waals surface area contributed by atoms with Crippen LogP contribution in [0.3, 0.4) is 0 Å². The van der Waals surface area contributed by atoms with Gasteiger partial charge in [-0.05, 0) is 38.9 Å². The van der Waals surface area contributed by atoms with E-state index in [1.165, 1.54) is 35.9 Å². The number of aryl methyl sites for hydroxylation is 1. The Labute approximate surface area is 174 Å². The number of guanidine groups is 1. The Morgan fingerprint density at radius 1 is 1.24 bits per heavy atom. The van der Waals surface area contributed by atoms with Crippen LogP contribution in [-0.2, 0) is 6.54 Å². The van der Waals surface area contributed by atoms with Gasteiger partial charge in [-0.2, -0.15) is 0 Å². The first-order valence-electron chi connectivity index (χ1n) is 9.05. The van der Waals surface area contributed by atoms with Gasteiger partial charge in [-0.15, -0.1) is 35.3 Å². The predicted octanol–water partition coefficient (Wildman–Crippen LogP) is 2.61. The number of thiophene rings is 1. The number of hydrogen-bond acceptors (Lipinski definition) is 4. The summed E-state index contributed by atoms with van der Waals surface area (Å²) < 4.78 is 0. The molecule has 0 bridgehead atoms. The molecule has 0 spiro atoms. The van der Waals surface area contributed by atoms with E-state index in [1.54, 1.807) is 0 Å². The maximum absolute atomic E-state index is 4.71. The van der Waals surface area contributed by atoms with Gasteiger partial charge in [0.15, 0.2) is 5.96 Å². The first-order valence-corrected chi connectivity index (χ1v) is 9.87. The molecule has 7 heteroatoms. The fourth-order valence-corrected chi connectivity index (χ4v) is 3.69. The molecule has 25 heavy (non-hydrogen) atoms. The molecule has 0 amide bonds. The molecular formula is C18H34IN5S. The summed E-state index contributed by atoms with van der Waals surface area (Å²) in [5.41, 5.74) is 0. The second-order valence-electron chi connectivity index (χ2n) is 6.80. The van der Waals surface area contributed by atoms with Gasteiger partial charge in [-0.1, -0.05) is 6.92 Å². The second-order valence-corrected chi connectivity index (χ2v) is 8.17. The van der Waals surface area contributed by atoms with Gasteiger partial charge in [-0.25, -0.2) is 4.99 Å². The summed E-state index contributed by atoms with van der Waals surface area (Å²) in [6.07, 6.45) is 0. The van der Waals surface area contributed by atoms with E-state index in [0.717, 1.165) is 32.1 Å². The van der Waals surface area contributed by atoms with Crippen LogP contribution in [0.1, 0.15) is 23.6 Å². The molecule has 1 aromatic heterocycles. The van der Waals surface area contributed by atoms with Crippen LogP contribution in [0, 0.1) is 12.8 Å². The molecule has 0 aliphatic carbocycles. The summed E-state index contributed by atoms with van der Waals surface area (Å²) in [6.45, 7) is 15.1. The SMILES string of the molecule is CCNC(=NCc1ccc(C)s1)NCC(C)CN1CCN(C)CC1.I. The zero-order chi connectivity index (χ0) is 17.4. The minimum absolute atomic E-state index is 0. The van der Waals surface area contributed by atoms with Gasteiger partial charge < -0.3 is 20.4 Å². The van der Waals surface area contributed by atoms with Crippen molar-refractivity contribution in [1.29, 1.82) is 0 Å². The van der Waals surface area contributed by atoms with Gasteiger partial charge in [0, 0.05) is 55.6 Å². The number of rotatable bonds is 7. The van der Waals surface area contributed by atoms with Crippen LogP contribution < -0.4 is 10.6 Å². The molecular weight excluding hydrogens is 445 g/mol. The largest absolute Gasteiger partial charge is 0.357 e. The van der Waals surface area contributed by atoms with Gasteiger partial charge in [0.25, 0.3) is 0 Å². The molecule has 1 aliphatic rings. The molecule has 0 aromatic carbocycles. The fourth-order valence-electron chi connectivity index (χ4n) is 2.88. The molecule has 2 heterocycles. The lowest BCUT2D eigenvalue weighted by molar-refractivity contribution is 0.139. The van der Waals surface area contributed by atoms with E-state index in [0.29, 0.717) is 5.92 Å². The number of nitrogens with zero attached hydrogens (tertiary/aromatic N) is 3. The Hall–Kier alpha value is -0.380. The van der Waals surface area contributed by atoms with Crippen molar-refractivity contribution in [3.8, 4) is 0 Å². The van der Waals surface area contributed by atoms with Crippen molar-refractivity contribution in [3.05, 3.63) is 21.9 Å². The topological polar surface area (TPSA) is 42.9 Å². The summed E-state index contributed by atoms with van der Waals surface area (Å²) in [7, 11) is 2.20. The van der Waals surface area contributed by atoms with Crippen LogP contribution in [-0.4, -0.2) is 68.6 Å². The molecule has 1 saturated heterocycles. The highest BCUT2D eigenvalue weighted by Crippen LogP contribution is 2.15. The highest BCUT2D eigenvalue weighted by atomic mass is 127. The average Bonchev–Trinajstić information content (AvgIpc) is 2.98. The molecule has 1 aliphatic heterocycles. The quantitative estimate of drug-likeness (QED) is 0.359. The van der Waals surface area contributed by atoms with E-state index in [-0.39, 0.29) is 24.0 Å². The Bertz CT molecular complexity index is 511. The average molecular weight is 479 g/mol. The lowest BCUT2D eigenvalue weighted by Crippen LogP contribution is -2.47. The van der Waals surface area contributed by atoms with Crippen LogP contribution >= 0.6 is 35.3 Å². The first kappa shape index (κ1) is 22.7. The smallest absolute Gasteiger partial charge is 0.191 e. The summed E-state index contributed by atoms with van der Waals surface area (Å²) in [5, 5.41) is 6.85. The standard InChI is InChI=1S/C18H33N5S.HI/c1-5-19-18(21-13-17-7-6-16(3)24-17)20-12-15(2)14-23-10-8-22(4)9-11-23;/h6-7,15H,5,8-14H2,1-4H3,(H2,19,20,21);1H. The predicted molar refractivity (Wildman–Crippen MR) is 120 cm³/mol. The van der Waals surface area contributed by atoms with Crippen LogP contribution in [0.5, 0.6) is 0 Å². The second kappa shape index (κ2) is 12.1. The van der Waals surface area contributed by atoms with Crippen molar-refractivity contribution in [3.63, 3.8) is 0 Å². The molecule has 2 rings (SSSR count). The third kappa shape index (κ3) is 8.70. The van der Waals surface area contributed by atoms with Crippen molar-refractivity contribution in [2.45, 2.75) is 27.3 Å². The molecule has 5 nitrogen and oxygen atoms in total. The number of hydrogen-bond donors (Lipinski definition) is 2. The summed E-state index contributed by atoms with van der Waals surface area (Å²) in [6, 6.07) is 4.33. The maximum Gasteiger partial charge on any atom is 0.191 e. The minimum atomic E-state index is 0. The number of piperazine rings is 1. The lowest BCUT2D eigenvalue weighted by atomic mass is 10.1. The molecule has 1 aromatic rings. The Morgan fingerprint density at radius 2 is 1.96 bits per heavy atom.